The Labute approximate surface area is 74.3 Å². The van der Waals surface area contributed by atoms with Crippen LogP contribution in [-0.4, -0.2) is 30.4 Å². The lowest BCUT2D eigenvalue weighted by molar-refractivity contribution is -0.157. The van der Waals surface area contributed by atoms with Gasteiger partial charge >= 0.3 is 11.9 Å². The van der Waals surface area contributed by atoms with Crippen molar-refractivity contribution in [2.45, 2.75) is 6.29 Å². The zero-order chi connectivity index (χ0) is 9.84. The van der Waals surface area contributed by atoms with Gasteiger partial charge in [0.2, 0.25) is 6.29 Å². The van der Waals surface area contributed by atoms with Crippen molar-refractivity contribution >= 4 is 11.9 Å². The van der Waals surface area contributed by atoms with Crippen molar-refractivity contribution in [2.24, 2.45) is 0 Å². The number of methoxy groups -OCH3 is 1. The molecule has 1 aliphatic heterocycles. The van der Waals surface area contributed by atoms with Crippen LogP contribution in [-0.2, 0) is 19.1 Å². The van der Waals surface area contributed by atoms with Gasteiger partial charge in [0.15, 0.2) is 0 Å². The molecule has 1 heterocycles. The minimum absolute atomic E-state index is 0.187. The van der Waals surface area contributed by atoms with E-state index in [9.17, 15) is 9.59 Å². The highest BCUT2D eigenvalue weighted by atomic mass is 16.6. The van der Waals surface area contributed by atoms with Crippen molar-refractivity contribution in [3.05, 3.63) is 23.8 Å². The van der Waals surface area contributed by atoms with Crippen molar-refractivity contribution < 1.29 is 24.2 Å². The number of ether oxygens (including phenoxy) is 2. The molecule has 1 aliphatic rings. The fourth-order valence-corrected chi connectivity index (χ4v) is 0.778. The van der Waals surface area contributed by atoms with E-state index in [4.69, 9.17) is 5.11 Å². The Morgan fingerprint density at radius 3 is 2.92 bits per heavy atom. The fourth-order valence-electron chi connectivity index (χ4n) is 0.778. The van der Waals surface area contributed by atoms with Crippen molar-refractivity contribution in [3.8, 4) is 0 Å². The molecule has 0 radical (unpaired) electrons. The van der Waals surface area contributed by atoms with Crippen LogP contribution in [0.3, 0.4) is 0 Å². The van der Waals surface area contributed by atoms with E-state index in [-0.39, 0.29) is 5.57 Å². The van der Waals surface area contributed by atoms with Gasteiger partial charge in [-0.1, -0.05) is 0 Å². The average Bonchev–Trinajstić information content (AvgIpc) is 2.09. The predicted octanol–water partition coefficient (Wildman–Crippen LogP) is -0.483. The lowest BCUT2D eigenvalue weighted by Crippen LogP contribution is -2.22. The second kappa shape index (κ2) is 3.86. The third kappa shape index (κ3) is 2.41. The van der Waals surface area contributed by atoms with Gasteiger partial charge in [0.05, 0.1) is 7.11 Å². The van der Waals surface area contributed by atoms with Crippen LogP contribution in [0, 0.1) is 0 Å². The molecule has 0 aromatic heterocycles. The van der Waals surface area contributed by atoms with Crippen LogP contribution in [0.1, 0.15) is 0 Å². The van der Waals surface area contributed by atoms with Crippen LogP contribution >= 0.6 is 0 Å². The Balaban J connectivity index is 2.81. The number of aliphatic hydroxyl groups is 1. The first-order valence-corrected chi connectivity index (χ1v) is 3.50. The summed E-state index contributed by atoms with van der Waals surface area (Å²) in [6.07, 6.45) is 2.07. The van der Waals surface area contributed by atoms with Crippen LogP contribution in [0.15, 0.2) is 23.8 Å². The maximum absolute atomic E-state index is 10.7. The van der Waals surface area contributed by atoms with Gasteiger partial charge in [-0.2, -0.15) is 0 Å². The summed E-state index contributed by atoms with van der Waals surface area (Å²) in [6, 6.07) is 0. The molecule has 0 spiro atoms. The molecule has 1 rings (SSSR count). The van der Waals surface area contributed by atoms with E-state index >= 15 is 0 Å². The Morgan fingerprint density at radius 2 is 2.38 bits per heavy atom. The van der Waals surface area contributed by atoms with Gasteiger partial charge in [0, 0.05) is 17.7 Å². The molecular weight excluding hydrogens is 176 g/mol. The van der Waals surface area contributed by atoms with Crippen molar-refractivity contribution in [1.82, 2.24) is 0 Å². The predicted molar refractivity (Wildman–Crippen MR) is 41.3 cm³/mol. The third-order valence-corrected chi connectivity index (χ3v) is 1.41. The van der Waals surface area contributed by atoms with Gasteiger partial charge in [0.1, 0.15) is 0 Å². The summed E-state index contributed by atoms with van der Waals surface area (Å²) in [7, 11) is 1.21. The highest BCUT2D eigenvalue weighted by Crippen LogP contribution is 2.12. The summed E-state index contributed by atoms with van der Waals surface area (Å²) in [5.74, 6) is -1.26. The number of hydrogen-bond donors (Lipinski definition) is 1. The number of hydrogen-bond acceptors (Lipinski definition) is 5. The second-order valence-electron chi connectivity index (χ2n) is 2.29. The summed E-state index contributed by atoms with van der Waals surface area (Å²) >= 11 is 0. The maximum Gasteiger partial charge on any atom is 0.333 e. The van der Waals surface area contributed by atoms with E-state index in [0.717, 1.165) is 12.2 Å². The van der Waals surface area contributed by atoms with Crippen molar-refractivity contribution in [3.63, 3.8) is 0 Å². The first-order chi connectivity index (χ1) is 6.13. The zero-order valence-electron chi connectivity index (χ0n) is 6.89. The largest absolute Gasteiger partial charge is 0.466 e. The van der Waals surface area contributed by atoms with Gasteiger partial charge in [-0.15, -0.1) is 0 Å². The van der Waals surface area contributed by atoms with Gasteiger partial charge < -0.3 is 14.6 Å². The van der Waals surface area contributed by atoms with Crippen LogP contribution < -0.4 is 0 Å². The lowest BCUT2D eigenvalue weighted by atomic mass is 10.2. The van der Waals surface area contributed by atoms with E-state index in [1.807, 2.05) is 0 Å². The van der Waals surface area contributed by atoms with Gasteiger partial charge in [-0.3, -0.25) is 0 Å². The number of cyclic esters (lactones) is 1. The van der Waals surface area contributed by atoms with Crippen molar-refractivity contribution in [1.29, 1.82) is 0 Å². The molecule has 0 aliphatic carbocycles. The third-order valence-electron chi connectivity index (χ3n) is 1.41. The molecule has 0 aromatic rings. The molecule has 0 aromatic carbocycles. The molecule has 1 atom stereocenters. The standard InChI is InChI=1S/C8H8O5/c1-12-7(10)4-5-2-3-6(9)13-8(5)11/h2-4,8,11H,1H3/b5-4+. The van der Waals surface area contributed by atoms with Crippen LogP contribution in [0.25, 0.3) is 0 Å². The lowest BCUT2D eigenvalue weighted by Gasteiger charge is -2.15. The molecule has 0 amide bonds. The summed E-state index contributed by atoms with van der Waals surface area (Å²) in [6.45, 7) is 0. The molecule has 70 valence electrons. The minimum Gasteiger partial charge on any atom is -0.466 e. The van der Waals surface area contributed by atoms with Crippen LogP contribution in [0.4, 0.5) is 0 Å². The first-order valence-electron chi connectivity index (χ1n) is 3.50. The van der Waals surface area contributed by atoms with E-state index in [0.29, 0.717) is 0 Å². The number of carbonyl (C=O) groups is 2. The molecule has 0 saturated heterocycles. The number of aliphatic hydroxyl groups excluding tert-OH is 1. The Bertz CT molecular complexity index is 289. The zero-order valence-corrected chi connectivity index (χ0v) is 6.89. The molecule has 13 heavy (non-hydrogen) atoms. The number of esters is 2. The summed E-state index contributed by atoms with van der Waals surface area (Å²) in [4.78, 5) is 21.3. The van der Waals surface area contributed by atoms with E-state index in [1.165, 1.54) is 13.2 Å². The van der Waals surface area contributed by atoms with Crippen LogP contribution in [0.2, 0.25) is 0 Å². The van der Waals surface area contributed by atoms with E-state index in [2.05, 4.69) is 9.47 Å². The normalized spacial score (nSPS) is 24.3. The Hall–Kier alpha value is -1.62. The summed E-state index contributed by atoms with van der Waals surface area (Å²) < 4.78 is 8.73. The molecule has 5 nitrogen and oxygen atoms in total. The molecule has 1 N–H and O–H groups in total. The minimum atomic E-state index is -1.39. The summed E-state index contributed by atoms with van der Waals surface area (Å²) in [5, 5.41) is 9.11. The molecular formula is C8H8O5. The fraction of sp³-hybridized carbons (Fsp3) is 0.250. The van der Waals surface area contributed by atoms with E-state index < -0.39 is 18.2 Å². The first kappa shape index (κ1) is 9.47. The highest BCUT2D eigenvalue weighted by molar-refractivity contribution is 5.87. The van der Waals surface area contributed by atoms with E-state index in [1.54, 1.807) is 0 Å². The maximum atomic E-state index is 10.7. The molecule has 5 heteroatoms. The number of carbonyl (C=O) groups excluding carboxylic acids is 2. The average molecular weight is 184 g/mol. The monoisotopic (exact) mass is 184 g/mol. The molecule has 0 bridgehead atoms. The second-order valence-corrected chi connectivity index (χ2v) is 2.29. The molecule has 1 unspecified atom stereocenters. The highest BCUT2D eigenvalue weighted by Gasteiger charge is 2.18. The smallest absolute Gasteiger partial charge is 0.333 e. The topological polar surface area (TPSA) is 72.8 Å². The Kier molecular flexibility index (Phi) is 2.81. The number of rotatable bonds is 1. The molecule has 0 fully saturated rings. The van der Waals surface area contributed by atoms with Crippen molar-refractivity contribution in [2.75, 3.05) is 7.11 Å². The quantitative estimate of drug-likeness (QED) is 0.440. The van der Waals surface area contributed by atoms with Gasteiger partial charge in [0.25, 0.3) is 0 Å². The SMILES string of the molecule is COC(=O)/C=C1\C=CC(=O)OC1O. The van der Waals surface area contributed by atoms with Gasteiger partial charge in [-0.25, -0.2) is 9.59 Å². The van der Waals surface area contributed by atoms with Crippen LogP contribution in [0.5, 0.6) is 0 Å². The van der Waals surface area contributed by atoms with Gasteiger partial charge in [-0.05, 0) is 6.08 Å². The molecule has 0 saturated carbocycles. The Morgan fingerprint density at radius 1 is 1.69 bits per heavy atom. The summed E-state index contributed by atoms with van der Waals surface area (Å²) in [5.41, 5.74) is 0.187.